The predicted molar refractivity (Wildman–Crippen MR) is 107 cm³/mol. The van der Waals surface area contributed by atoms with Crippen LogP contribution in [-0.2, 0) is 11.4 Å². The number of ether oxygens (including phenoxy) is 3. The van der Waals surface area contributed by atoms with Crippen molar-refractivity contribution < 1.29 is 19.0 Å². The van der Waals surface area contributed by atoms with Gasteiger partial charge in [0.1, 0.15) is 23.9 Å². The molecule has 4 nitrogen and oxygen atoms in total. The van der Waals surface area contributed by atoms with Crippen LogP contribution in [0.25, 0.3) is 0 Å². The summed E-state index contributed by atoms with van der Waals surface area (Å²) in [6, 6.07) is 22.5. The highest BCUT2D eigenvalue weighted by molar-refractivity contribution is 9.10. The van der Waals surface area contributed by atoms with Gasteiger partial charge in [-0.2, -0.15) is 0 Å². The highest BCUT2D eigenvalue weighted by Gasteiger charge is 2.08. The molecular formula is C22H19BrO4. The molecule has 0 radical (unpaired) electrons. The number of carbonyl (C=O) groups is 1. The fourth-order valence-corrected chi connectivity index (χ4v) is 2.97. The Morgan fingerprint density at radius 3 is 2.30 bits per heavy atom. The van der Waals surface area contributed by atoms with E-state index in [9.17, 15) is 4.79 Å². The Balaban J connectivity index is 1.48. The zero-order valence-corrected chi connectivity index (χ0v) is 16.4. The van der Waals surface area contributed by atoms with Crippen LogP contribution in [0.1, 0.15) is 11.1 Å². The summed E-state index contributed by atoms with van der Waals surface area (Å²) in [4.78, 5) is 12.0. The van der Waals surface area contributed by atoms with E-state index in [1.807, 2.05) is 55.5 Å². The van der Waals surface area contributed by atoms with E-state index in [1.165, 1.54) is 0 Å². The topological polar surface area (TPSA) is 44.8 Å². The van der Waals surface area contributed by atoms with Gasteiger partial charge < -0.3 is 14.2 Å². The van der Waals surface area contributed by atoms with Gasteiger partial charge in [-0.1, -0.05) is 36.4 Å². The summed E-state index contributed by atoms with van der Waals surface area (Å²) in [5, 5.41) is 0. The van der Waals surface area contributed by atoms with E-state index in [-0.39, 0.29) is 6.61 Å². The van der Waals surface area contributed by atoms with Gasteiger partial charge in [-0.25, -0.2) is 4.79 Å². The fourth-order valence-electron chi connectivity index (χ4n) is 2.37. The van der Waals surface area contributed by atoms with E-state index in [2.05, 4.69) is 15.9 Å². The molecule has 0 amide bonds. The Morgan fingerprint density at radius 1 is 0.889 bits per heavy atom. The van der Waals surface area contributed by atoms with Crippen LogP contribution in [-0.4, -0.2) is 12.6 Å². The van der Waals surface area contributed by atoms with Crippen molar-refractivity contribution in [3.8, 4) is 17.2 Å². The molecule has 0 saturated carbocycles. The molecule has 3 rings (SSSR count). The van der Waals surface area contributed by atoms with Crippen LogP contribution < -0.4 is 14.2 Å². The van der Waals surface area contributed by atoms with Gasteiger partial charge in [0.2, 0.25) is 0 Å². The predicted octanol–water partition coefficient (Wildman–Crippen LogP) is 5.32. The molecule has 5 heteroatoms. The van der Waals surface area contributed by atoms with Crippen molar-refractivity contribution in [3.63, 3.8) is 0 Å². The Morgan fingerprint density at radius 2 is 1.59 bits per heavy atom. The summed E-state index contributed by atoms with van der Waals surface area (Å²) >= 11 is 3.41. The number of hydrogen-bond acceptors (Lipinski definition) is 4. The smallest absolute Gasteiger partial charge is 0.349 e. The first-order valence-corrected chi connectivity index (χ1v) is 9.26. The van der Waals surface area contributed by atoms with Gasteiger partial charge >= 0.3 is 5.97 Å². The van der Waals surface area contributed by atoms with Gasteiger partial charge in [-0.15, -0.1) is 0 Å². The third kappa shape index (κ3) is 5.86. The Bertz CT molecular complexity index is 892. The molecule has 0 saturated heterocycles. The van der Waals surface area contributed by atoms with Crippen LogP contribution in [0.15, 0.2) is 77.3 Å². The van der Waals surface area contributed by atoms with Crippen LogP contribution in [0.4, 0.5) is 0 Å². The van der Waals surface area contributed by atoms with Gasteiger partial charge in [-0.3, -0.25) is 0 Å². The fraction of sp³-hybridized carbons (Fsp3) is 0.136. The summed E-state index contributed by atoms with van der Waals surface area (Å²) in [6.07, 6.45) is 0. The molecule has 0 N–H and O–H groups in total. The van der Waals surface area contributed by atoms with Crippen molar-refractivity contribution in [2.75, 3.05) is 6.61 Å². The van der Waals surface area contributed by atoms with Gasteiger partial charge in [-0.05, 0) is 70.4 Å². The second kappa shape index (κ2) is 9.24. The van der Waals surface area contributed by atoms with E-state index in [0.29, 0.717) is 23.9 Å². The summed E-state index contributed by atoms with van der Waals surface area (Å²) in [6.45, 7) is 2.29. The van der Waals surface area contributed by atoms with Crippen molar-refractivity contribution in [3.05, 3.63) is 88.4 Å². The highest BCUT2D eigenvalue weighted by Crippen LogP contribution is 2.26. The minimum absolute atomic E-state index is 0.173. The maximum absolute atomic E-state index is 12.0. The van der Waals surface area contributed by atoms with E-state index in [0.717, 1.165) is 15.6 Å². The first-order chi connectivity index (χ1) is 13.1. The van der Waals surface area contributed by atoms with Crippen LogP contribution in [0.2, 0.25) is 0 Å². The van der Waals surface area contributed by atoms with Crippen LogP contribution >= 0.6 is 15.9 Å². The van der Waals surface area contributed by atoms with E-state index in [1.54, 1.807) is 24.3 Å². The van der Waals surface area contributed by atoms with Crippen LogP contribution in [0, 0.1) is 6.92 Å². The summed E-state index contributed by atoms with van der Waals surface area (Å²) in [5.74, 6) is 1.28. The number of halogens is 1. The molecule has 3 aromatic carbocycles. The largest absolute Gasteiger partial charge is 0.489 e. The number of esters is 1. The van der Waals surface area contributed by atoms with Crippen molar-refractivity contribution in [1.82, 2.24) is 0 Å². The highest BCUT2D eigenvalue weighted by atomic mass is 79.9. The molecule has 0 spiro atoms. The summed E-state index contributed by atoms with van der Waals surface area (Å²) < 4.78 is 17.3. The number of carbonyl (C=O) groups excluding carboxylic acids is 1. The summed E-state index contributed by atoms with van der Waals surface area (Å²) in [5.41, 5.74) is 2.19. The van der Waals surface area contributed by atoms with Gasteiger partial charge in [0.05, 0.1) is 4.47 Å². The van der Waals surface area contributed by atoms with Crippen molar-refractivity contribution in [1.29, 1.82) is 0 Å². The molecule has 3 aromatic rings. The average Bonchev–Trinajstić information content (AvgIpc) is 2.67. The maximum Gasteiger partial charge on any atom is 0.349 e. The zero-order valence-electron chi connectivity index (χ0n) is 14.9. The maximum atomic E-state index is 12.0. The molecule has 0 unspecified atom stereocenters. The molecule has 0 aliphatic rings. The first kappa shape index (κ1) is 19.0. The number of rotatable bonds is 7. The third-order valence-corrected chi connectivity index (χ3v) is 4.36. The molecule has 0 aromatic heterocycles. The Kier molecular flexibility index (Phi) is 6.49. The molecule has 0 fully saturated rings. The normalized spacial score (nSPS) is 10.3. The monoisotopic (exact) mass is 426 g/mol. The Labute approximate surface area is 166 Å². The van der Waals surface area contributed by atoms with Crippen molar-refractivity contribution >= 4 is 21.9 Å². The SMILES string of the molecule is Cc1ccc(OCC(=O)Oc2ccc(OCc3ccccc3)cc2)c(Br)c1. The number of hydrogen-bond donors (Lipinski definition) is 0. The zero-order chi connectivity index (χ0) is 19.1. The molecule has 0 heterocycles. The second-order valence-corrected chi connectivity index (χ2v) is 6.80. The molecule has 27 heavy (non-hydrogen) atoms. The first-order valence-electron chi connectivity index (χ1n) is 8.46. The van der Waals surface area contributed by atoms with Crippen molar-refractivity contribution in [2.45, 2.75) is 13.5 Å². The van der Waals surface area contributed by atoms with Crippen molar-refractivity contribution in [2.24, 2.45) is 0 Å². The Hall–Kier alpha value is -2.79. The van der Waals surface area contributed by atoms with E-state index < -0.39 is 5.97 Å². The lowest BCUT2D eigenvalue weighted by molar-refractivity contribution is -0.136. The quantitative estimate of drug-likeness (QED) is 0.378. The molecule has 0 aliphatic carbocycles. The molecule has 0 atom stereocenters. The third-order valence-electron chi connectivity index (χ3n) is 3.74. The van der Waals surface area contributed by atoms with Gasteiger partial charge in [0.25, 0.3) is 0 Å². The lowest BCUT2D eigenvalue weighted by Gasteiger charge is -2.10. The average molecular weight is 427 g/mol. The molecule has 138 valence electrons. The standard InChI is InChI=1S/C22H19BrO4/c1-16-7-12-21(20(23)13-16)26-15-22(24)27-19-10-8-18(9-11-19)25-14-17-5-3-2-4-6-17/h2-13H,14-15H2,1H3. The van der Waals surface area contributed by atoms with Gasteiger partial charge in [0, 0.05) is 0 Å². The molecular weight excluding hydrogens is 408 g/mol. The number of aryl methyl sites for hydroxylation is 1. The van der Waals surface area contributed by atoms with Crippen LogP contribution in [0.5, 0.6) is 17.2 Å². The van der Waals surface area contributed by atoms with E-state index in [4.69, 9.17) is 14.2 Å². The lowest BCUT2D eigenvalue weighted by Crippen LogP contribution is -2.17. The van der Waals surface area contributed by atoms with E-state index >= 15 is 0 Å². The lowest BCUT2D eigenvalue weighted by atomic mass is 10.2. The van der Waals surface area contributed by atoms with Crippen LogP contribution in [0.3, 0.4) is 0 Å². The summed E-state index contributed by atoms with van der Waals surface area (Å²) in [7, 11) is 0. The minimum Gasteiger partial charge on any atom is -0.489 e. The van der Waals surface area contributed by atoms with Gasteiger partial charge in [0.15, 0.2) is 6.61 Å². The molecule has 0 bridgehead atoms. The molecule has 0 aliphatic heterocycles. The number of benzene rings is 3. The second-order valence-electron chi connectivity index (χ2n) is 5.94. The minimum atomic E-state index is -0.472.